The Hall–Kier alpha value is -0.900. The van der Waals surface area contributed by atoms with Gasteiger partial charge in [-0.2, -0.15) is 0 Å². The molecular formula is C13H10Cl3FN2. The van der Waals surface area contributed by atoms with Crippen LogP contribution in [0.15, 0.2) is 18.2 Å². The fraction of sp³-hybridized carbons (Fsp3) is 0.231. The molecule has 19 heavy (non-hydrogen) atoms. The van der Waals surface area contributed by atoms with E-state index in [4.69, 9.17) is 34.8 Å². The van der Waals surface area contributed by atoms with E-state index in [0.717, 1.165) is 0 Å². The third-order valence-corrected chi connectivity index (χ3v) is 3.49. The maximum Gasteiger partial charge on any atom is 0.162 e. The van der Waals surface area contributed by atoms with Gasteiger partial charge in [-0.3, -0.25) is 0 Å². The fourth-order valence-corrected chi connectivity index (χ4v) is 2.60. The van der Waals surface area contributed by atoms with Crippen LogP contribution in [-0.2, 0) is 0 Å². The van der Waals surface area contributed by atoms with Gasteiger partial charge >= 0.3 is 0 Å². The summed E-state index contributed by atoms with van der Waals surface area (Å²) < 4.78 is 13.4. The smallest absolute Gasteiger partial charge is 0.162 e. The molecule has 2 aromatic rings. The van der Waals surface area contributed by atoms with Gasteiger partial charge in [-0.25, -0.2) is 14.4 Å². The minimum Gasteiger partial charge on any atom is -0.216 e. The van der Waals surface area contributed by atoms with Gasteiger partial charge in [0.1, 0.15) is 16.1 Å². The molecule has 0 unspecified atom stereocenters. The number of benzene rings is 1. The molecule has 2 nitrogen and oxygen atoms in total. The highest BCUT2D eigenvalue weighted by Gasteiger charge is 2.16. The monoisotopic (exact) mass is 318 g/mol. The van der Waals surface area contributed by atoms with Crippen LogP contribution >= 0.6 is 34.8 Å². The van der Waals surface area contributed by atoms with Crippen LogP contribution in [0.1, 0.15) is 25.3 Å². The number of nitrogens with zero attached hydrogens (tertiary/aromatic N) is 2. The Balaban J connectivity index is 2.55. The van der Waals surface area contributed by atoms with E-state index in [-0.39, 0.29) is 27.1 Å². The molecule has 0 amide bonds. The number of hydrogen-bond acceptors (Lipinski definition) is 2. The predicted molar refractivity (Wildman–Crippen MR) is 76.5 cm³/mol. The molecule has 2 rings (SSSR count). The second kappa shape index (κ2) is 5.61. The summed E-state index contributed by atoms with van der Waals surface area (Å²) in [6, 6.07) is 4.30. The highest BCUT2D eigenvalue weighted by atomic mass is 35.5. The highest BCUT2D eigenvalue weighted by molar-refractivity contribution is 6.34. The molecule has 0 aliphatic heterocycles. The lowest BCUT2D eigenvalue weighted by atomic mass is 10.1. The molecule has 100 valence electrons. The first kappa shape index (κ1) is 14.5. The number of hydrogen-bond donors (Lipinski definition) is 0. The topological polar surface area (TPSA) is 25.8 Å². The number of halogens is 4. The Labute approximate surface area is 125 Å². The molecule has 0 spiro atoms. The number of rotatable bonds is 2. The van der Waals surface area contributed by atoms with Crippen LogP contribution < -0.4 is 0 Å². The second-order valence-corrected chi connectivity index (χ2v) is 5.45. The van der Waals surface area contributed by atoms with E-state index in [1.165, 1.54) is 12.1 Å². The minimum atomic E-state index is -0.539. The van der Waals surface area contributed by atoms with Gasteiger partial charge in [0, 0.05) is 11.1 Å². The quantitative estimate of drug-likeness (QED) is 0.696. The van der Waals surface area contributed by atoms with Crippen molar-refractivity contribution in [2.24, 2.45) is 0 Å². The van der Waals surface area contributed by atoms with Crippen molar-refractivity contribution in [1.82, 2.24) is 9.97 Å². The molecule has 0 saturated heterocycles. The Morgan fingerprint density at radius 1 is 1.05 bits per heavy atom. The molecule has 0 fully saturated rings. The lowest BCUT2D eigenvalue weighted by Crippen LogP contribution is -1.99. The summed E-state index contributed by atoms with van der Waals surface area (Å²) in [6.07, 6.45) is 0. The highest BCUT2D eigenvalue weighted by Crippen LogP contribution is 2.31. The van der Waals surface area contributed by atoms with Crippen LogP contribution in [0.5, 0.6) is 0 Å². The maximum absolute atomic E-state index is 13.4. The van der Waals surface area contributed by atoms with Gasteiger partial charge in [-0.15, -0.1) is 0 Å². The Kier molecular flexibility index (Phi) is 4.29. The van der Waals surface area contributed by atoms with E-state index in [0.29, 0.717) is 11.1 Å². The molecule has 0 N–H and O–H groups in total. The van der Waals surface area contributed by atoms with Gasteiger partial charge in [0.15, 0.2) is 5.82 Å². The summed E-state index contributed by atoms with van der Waals surface area (Å²) in [5.41, 5.74) is 1.16. The van der Waals surface area contributed by atoms with E-state index in [1.807, 2.05) is 13.8 Å². The third kappa shape index (κ3) is 2.99. The van der Waals surface area contributed by atoms with Gasteiger partial charge < -0.3 is 0 Å². The van der Waals surface area contributed by atoms with E-state index in [2.05, 4.69) is 9.97 Å². The van der Waals surface area contributed by atoms with Crippen LogP contribution in [0.25, 0.3) is 11.4 Å². The van der Waals surface area contributed by atoms with Gasteiger partial charge in [0.05, 0.1) is 5.02 Å². The van der Waals surface area contributed by atoms with E-state index < -0.39 is 5.82 Å². The van der Waals surface area contributed by atoms with Crippen molar-refractivity contribution in [3.8, 4) is 11.4 Å². The van der Waals surface area contributed by atoms with Gasteiger partial charge in [0.25, 0.3) is 0 Å². The molecule has 1 aromatic carbocycles. The Bertz CT molecular complexity index is 606. The van der Waals surface area contributed by atoms with Crippen molar-refractivity contribution < 1.29 is 4.39 Å². The summed E-state index contributed by atoms with van der Waals surface area (Å²) in [6.45, 7) is 3.89. The summed E-state index contributed by atoms with van der Waals surface area (Å²) in [5, 5.41) is 0.598. The van der Waals surface area contributed by atoms with Crippen molar-refractivity contribution in [3.05, 3.63) is 44.9 Å². The zero-order valence-electron chi connectivity index (χ0n) is 10.2. The van der Waals surface area contributed by atoms with Gasteiger partial charge in [-0.05, 0) is 24.1 Å². The molecule has 0 aliphatic rings. The van der Waals surface area contributed by atoms with Crippen LogP contribution in [0, 0.1) is 5.82 Å². The van der Waals surface area contributed by atoms with Crippen LogP contribution in [0.4, 0.5) is 4.39 Å². The largest absolute Gasteiger partial charge is 0.216 e. The standard InChI is InChI=1S/C13H10Cl3FN2/c1-6(2)10-11(15)18-13(19-12(10)16)7-3-4-8(14)9(17)5-7/h3-6H,1-2H3. The molecule has 0 radical (unpaired) electrons. The first-order valence-corrected chi connectivity index (χ1v) is 6.72. The van der Waals surface area contributed by atoms with Crippen molar-refractivity contribution in [1.29, 1.82) is 0 Å². The molecule has 0 saturated carbocycles. The van der Waals surface area contributed by atoms with E-state index >= 15 is 0 Å². The minimum absolute atomic E-state index is 0.0414. The average molecular weight is 320 g/mol. The average Bonchev–Trinajstić information content (AvgIpc) is 2.31. The lowest BCUT2D eigenvalue weighted by molar-refractivity contribution is 0.628. The molecule has 0 aliphatic carbocycles. The predicted octanol–water partition coefficient (Wildman–Crippen LogP) is 5.37. The third-order valence-electron chi connectivity index (χ3n) is 2.61. The molecule has 1 aromatic heterocycles. The van der Waals surface area contributed by atoms with Crippen LogP contribution in [0.2, 0.25) is 15.3 Å². The van der Waals surface area contributed by atoms with Crippen molar-refractivity contribution in [3.63, 3.8) is 0 Å². The second-order valence-electron chi connectivity index (χ2n) is 4.33. The molecule has 0 bridgehead atoms. The van der Waals surface area contributed by atoms with Crippen molar-refractivity contribution >= 4 is 34.8 Å². The summed E-state index contributed by atoms with van der Waals surface area (Å²) in [7, 11) is 0. The SMILES string of the molecule is CC(C)c1c(Cl)nc(-c2ccc(Cl)c(F)c2)nc1Cl. The summed E-state index contributed by atoms with van der Waals surface area (Å²) >= 11 is 17.8. The number of aromatic nitrogens is 2. The molecule has 0 atom stereocenters. The zero-order valence-corrected chi connectivity index (χ0v) is 12.5. The van der Waals surface area contributed by atoms with Crippen LogP contribution in [-0.4, -0.2) is 9.97 Å². The van der Waals surface area contributed by atoms with Crippen molar-refractivity contribution in [2.45, 2.75) is 19.8 Å². The molecule has 6 heteroatoms. The van der Waals surface area contributed by atoms with Crippen LogP contribution in [0.3, 0.4) is 0 Å². The Morgan fingerprint density at radius 3 is 2.11 bits per heavy atom. The molecule has 1 heterocycles. The van der Waals surface area contributed by atoms with E-state index in [1.54, 1.807) is 6.07 Å². The summed E-state index contributed by atoms with van der Waals surface area (Å²) in [4.78, 5) is 8.31. The molecular weight excluding hydrogens is 310 g/mol. The maximum atomic E-state index is 13.4. The van der Waals surface area contributed by atoms with Crippen molar-refractivity contribution in [2.75, 3.05) is 0 Å². The normalized spacial score (nSPS) is 11.1. The van der Waals surface area contributed by atoms with Gasteiger partial charge in [-0.1, -0.05) is 48.7 Å². The van der Waals surface area contributed by atoms with Gasteiger partial charge in [0.2, 0.25) is 0 Å². The fourth-order valence-electron chi connectivity index (χ4n) is 1.66. The first-order valence-electron chi connectivity index (χ1n) is 5.58. The Morgan fingerprint density at radius 2 is 1.63 bits per heavy atom. The van der Waals surface area contributed by atoms with E-state index in [9.17, 15) is 4.39 Å². The zero-order chi connectivity index (χ0) is 14.2. The first-order chi connectivity index (χ1) is 8.90. The summed E-state index contributed by atoms with van der Waals surface area (Å²) in [5.74, 6) is -0.158. The lowest BCUT2D eigenvalue weighted by Gasteiger charge is -2.11.